The predicted molar refractivity (Wildman–Crippen MR) is 80.8 cm³/mol. The highest BCUT2D eigenvalue weighted by Crippen LogP contribution is 2.23. The van der Waals surface area contributed by atoms with E-state index >= 15 is 0 Å². The van der Waals surface area contributed by atoms with Gasteiger partial charge in [-0.2, -0.15) is 0 Å². The van der Waals surface area contributed by atoms with Crippen LogP contribution in [0, 0.1) is 5.92 Å². The van der Waals surface area contributed by atoms with Gasteiger partial charge in [-0.1, -0.05) is 20.3 Å². The Morgan fingerprint density at radius 2 is 2.05 bits per heavy atom. The Morgan fingerprint density at radius 3 is 2.74 bits per heavy atom. The largest absolute Gasteiger partial charge is 0.360 e. The molecule has 1 aliphatic rings. The number of aromatic nitrogens is 2. The van der Waals surface area contributed by atoms with Crippen LogP contribution in [0.25, 0.3) is 0 Å². The monoisotopic (exact) mass is 262 g/mol. The molecule has 1 aromatic heterocycles. The third kappa shape index (κ3) is 3.82. The number of hydrogen-bond donors (Lipinski definition) is 0. The lowest BCUT2D eigenvalue weighted by atomic mass is 9.99. The molecule has 4 nitrogen and oxygen atoms in total. The van der Waals surface area contributed by atoms with Crippen molar-refractivity contribution in [2.45, 2.75) is 39.5 Å². The maximum absolute atomic E-state index is 4.44. The van der Waals surface area contributed by atoms with E-state index in [1.807, 2.05) is 0 Å². The molecule has 1 fully saturated rings. The van der Waals surface area contributed by atoms with Crippen LogP contribution in [0.5, 0.6) is 0 Å². The third-order valence-electron chi connectivity index (χ3n) is 3.98. The molecule has 2 heterocycles. The molecule has 0 amide bonds. The Balaban J connectivity index is 2.02. The fourth-order valence-corrected chi connectivity index (χ4v) is 2.47. The van der Waals surface area contributed by atoms with Gasteiger partial charge in [0.15, 0.2) is 0 Å². The predicted octanol–water partition coefficient (Wildman–Crippen LogP) is 2.95. The van der Waals surface area contributed by atoms with Gasteiger partial charge < -0.3 is 9.80 Å². The van der Waals surface area contributed by atoms with E-state index in [1.165, 1.54) is 25.7 Å². The number of anilines is 2. The van der Waals surface area contributed by atoms with Gasteiger partial charge in [-0.25, -0.2) is 9.97 Å². The Labute approximate surface area is 116 Å². The Hall–Kier alpha value is -1.32. The van der Waals surface area contributed by atoms with Crippen LogP contribution >= 0.6 is 0 Å². The molecule has 19 heavy (non-hydrogen) atoms. The van der Waals surface area contributed by atoms with Gasteiger partial charge >= 0.3 is 0 Å². The second-order valence-corrected chi connectivity index (χ2v) is 5.68. The molecule has 0 N–H and O–H groups in total. The average molecular weight is 262 g/mol. The van der Waals surface area contributed by atoms with E-state index in [4.69, 9.17) is 0 Å². The number of piperidine rings is 1. The normalized spacial score (nSPS) is 16.7. The second kappa shape index (κ2) is 6.73. The summed E-state index contributed by atoms with van der Waals surface area (Å²) in [6.45, 7) is 7.85. The molecule has 0 spiro atoms. The summed E-state index contributed by atoms with van der Waals surface area (Å²) in [6.07, 6.45) is 6.66. The summed E-state index contributed by atoms with van der Waals surface area (Å²) in [5.74, 6) is 2.97. The topological polar surface area (TPSA) is 32.3 Å². The minimum absolute atomic E-state index is 0.852. The van der Waals surface area contributed by atoms with Gasteiger partial charge in [-0.3, -0.25) is 0 Å². The molecule has 106 valence electrons. The summed E-state index contributed by atoms with van der Waals surface area (Å²) < 4.78 is 0. The lowest BCUT2D eigenvalue weighted by Crippen LogP contribution is -2.33. The van der Waals surface area contributed by atoms with Gasteiger partial charge in [0, 0.05) is 32.7 Å². The Kier molecular flexibility index (Phi) is 5.00. The second-order valence-electron chi connectivity index (χ2n) is 5.68. The molecule has 0 saturated carbocycles. The maximum Gasteiger partial charge on any atom is 0.134 e. The van der Waals surface area contributed by atoms with Crippen LogP contribution < -0.4 is 9.80 Å². The van der Waals surface area contributed by atoms with Gasteiger partial charge in [0.25, 0.3) is 0 Å². The maximum atomic E-state index is 4.44. The molecular formula is C15H26N4. The van der Waals surface area contributed by atoms with Crippen LogP contribution in [0.4, 0.5) is 11.6 Å². The van der Waals surface area contributed by atoms with E-state index in [0.29, 0.717) is 0 Å². The average Bonchev–Trinajstić information content (AvgIpc) is 2.45. The van der Waals surface area contributed by atoms with Crippen LogP contribution in [0.2, 0.25) is 0 Å². The van der Waals surface area contributed by atoms with Crippen LogP contribution in [0.3, 0.4) is 0 Å². The molecular weight excluding hydrogens is 236 g/mol. The molecule has 0 unspecified atom stereocenters. The first-order valence-corrected chi connectivity index (χ1v) is 7.49. The molecule has 4 heteroatoms. The first kappa shape index (κ1) is 14.1. The van der Waals surface area contributed by atoms with Crippen LogP contribution in [-0.2, 0) is 0 Å². The summed E-state index contributed by atoms with van der Waals surface area (Å²) in [6, 6.07) is 2.13. The molecule has 1 saturated heterocycles. The van der Waals surface area contributed by atoms with Gasteiger partial charge in [-0.05, 0) is 25.2 Å². The highest BCUT2D eigenvalue weighted by molar-refractivity contribution is 5.49. The van der Waals surface area contributed by atoms with Crippen molar-refractivity contribution in [3.8, 4) is 0 Å². The summed E-state index contributed by atoms with van der Waals surface area (Å²) in [5, 5.41) is 0. The molecule has 0 aromatic carbocycles. The molecule has 2 rings (SSSR count). The van der Waals surface area contributed by atoms with E-state index < -0.39 is 0 Å². The molecule has 0 aliphatic carbocycles. The minimum Gasteiger partial charge on any atom is -0.360 e. The fraction of sp³-hybridized carbons (Fsp3) is 0.733. The summed E-state index contributed by atoms with van der Waals surface area (Å²) >= 11 is 0. The van der Waals surface area contributed by atoms with E-state index in [1.54, 1.807) is 6.33 Å². The SMILES string of the molecule is CCCCN(C)c1cc(N2CCC(C)CC2)ncn1. The summed E-state index contributed by atoms with van der Waals surface area (Å²) in [5.41, 5.74) is 0. The third-order valence-corrected chi connectivity index (χ3v) is 3.98. The highest BCUT2D eigenvalue weighted by Gasteiger charge is 2.17. The van der Waals surface area contributed by atoms with Crippen LogP contribution in [0.1, 0.15) is 39.5 Å². The zero-order chi connectivity index (χ0) is 13.7. The number of hydrogen-bond acceptors (Lipinski definition) is 4. The van der Waals surface area contributed by atoms with Crippen molar-refractivity contribution < 1.29 is 0 Å². The quantitative estimate of drug-likeness (QED) is 0.816. The van der Waals surface area contributed by atoms with E-state index in [-0.39, 0.29) is 0 Å². The molecule has 1 aliphatic heterocycles. The fourth-order valence-electron chi connectivity index (χ4n) is 2.47. The van der Waals surface area contributed by atoms with E-state index in [9.17, 15) is 0 Å². The van der Waals surface area contributed by atoms with Crippen molar-refractivity contribution >= 4 is 11.6 Å². The lowest BCUT2D eigenvalue weighted by molar-refractivity contribution is 0.436. The Bertz CT molecular complexity index is 385. The van der Waals surface area contributed by atoms with Crippen molar-refractivity contribution in [2.24, 2.45) is 5.92 Å². The van der Waals surface area contributed by atoms with Crippen molar-refractivity contribution in [3.05, 3.63) is 12.4 Å². The van der Waals surface area contributed by atoms with Crippen LogP contribution in [-0.4, -0.2) is 36.6 Å². The standard InChI is InChI=1S/C15H26N4/c1-4-5-8-18(3)14-11-15(17-12-16-14)19-9-6-13(2)7-10-19/h11-13H,4-10H2,1-3H3. The minimum atomic E-state index is 0.852. The van der Waals surface area contributed by atoms with E-state index in [0.717, 1.165) is 37.2 Å². The van der Waals surface area contributed by atoms with Gasteiger partial charge in [0.1, 0.15) is 18.0 Å². The smallest absolute Gasteiger partial charge is 0.134 e. The number of nitrogens with zero attached hydrogens (tertiary/aromatic N) is 4. The molecule has 0 radical (unpaired) electrons. The van der Waals surface area contributed by atoms with Gasteiger partial charge in [0.05, 0.1) is 0 Å². The Morgan fingerprint density at radius 1 is 1.32 bits per heavy atom. The zero-order valence-electron chi connectivity index (χ0n) is 12.5. The van der Waals surface area contributed by atoms with Crippen LogP contribution in [0.15, 0.2) is 12.4 Å². The van der Waals surface area contributed by atoms with E-state index in [2.05, 4.69) is 46.7 Å². The first-order chi connectivity index (χ1) is 9.20. The number of unbranched alkanes of at least 4 members (excludes halogenated alkanes) is 1. The van der Waals surface area contributed by atoms with Crippen molar-refractivity contribution in [1.82, 2.24) is 9.97 Å². The van der Waals surface area contributed by atoms with Gasteiger partial charge in [0.2, 0.25) is 0 Å². The number of rotatable bonds is 5. The highest BCUT2D eigenvalue weighted by atomic mass is 15.2. The summed E-state index contributed by atoms with van der Waals surface area (Å²) in [4.78, 5) is 13.4. The molecule has 0 atom stereocenters. The van der Waals surface area contributed by atoms with Gasteiger partial charge in [-0.15, -0.1) is 0 Å². The first-order valence-electron chi connectivity index (χ1n) is 7.49. The van der Waals surface area contributed by atoms with Crippen molar-refractivity contribution in [3.63, 3.8) is 0 Å². The molecule has 1 aromatic rings. The summed E-state index contributed by atoms with van der Waals surface area (Å²) in [7, 11) is 2.11. The zero-order valence-corrected chi connectivity index (χ0v) is 12.5. The lowest BCUT2D eigenvalue weighted by Gasteiger charge is -2.31. The van der Waals surface area contributed by atoms with Crippen molar-refractivity contribution in [1.29, 1.82) is 0 Å². The van der Waals surface area contributed by atoms with Crippen molar-refractivity contribution in [2.75, 3.05) is 36.5 Å². The molecule has 0 bridgehead atoms.